The Balaban J connectivity index is 1.24. The SMILES string of the molecule is O=NCCc1cc(-c2ccc(C(=O)N3CCN(S(=O)(=O)c4ccc5cc(Cl)ccc5c4)CC3)cc2)ccn1. The molecule has 0 N–H and O–H groups in total. The molecular formula is C28H25ClN4O4S. The molecule has 8 nitrogen and oxygen atoms in total. The third kappa shape index (κ3) is 5.45. The zero-order valence-corrected chi connectivity index (χ0v) is 22.0. The van der Waals surface area contributed by atoms with Crippen LogP contribution in [-0.2, 0) is 16.4 Å². The minimum Gasteiger partial charge on any atom is -0.336 e. The quantitative estimate of drug-likeness (QED) is 0.302. The molecule has 0 radical (unpaired) electrons. The number of sulfonamides is 1. The van der Waals surface area contributed by atoms with Gasteiger partial charge in [-0.05, 0) is 70.4 Å². The number of hydrogen-bond acceptors (Lipinski definition) is 6. The van der Waals surface area contributed by atoms with E-state index in [1.165, 1.54) is 4.31 Å². The first-order valence-electron chi connectivity index (χ1n) is 12.2. The molecule has 0 aliphatic carbocycles. The van der Waals surface area contributed by atoms with E-state index in [2.05, 4.69) is 10.2 Å². The van der Waals surface area contributed by atoms with E-state index >= 15 is 0 Å². The molecular weight excluding hydrogens is 524 g/mol. The summed E-state index contributed by atoms with van der Waals surface area (Å²) in [5.74, 6) is -0.136. The number of nitroso groups, excluding NO2 is 1. The fraction of sp³-hybridized carbons (Fsp3) is 0.214. The Kier molecular flexibility index (Phi) is 7.51. The Morgan fingerprint density at radius 3 is 2.32 bits per heavy atom. The highest BCUT2D eigenvalue weighted by atomic mass is 35.5. The first-order valence-corrected chi connectivity index (χ1v) is 14.0. The zero-order valence-electron chi connectivity index (χ0n) is 20.5. The number of rotatable bonds is 7. The maximum atomic E-state index is 13.3. The zero-order chi connectivity index (χ0) is 26.7. The van der Waals surface area contributed by atoms with Crippen LogP contribution in [0.5, 0.6) is 0 Å². The van der Waals surface area contributed by atoms with Crippen molar-refractivity contribution >= 4 is 38.3 Å². The lowest BCUT2D eigenvalue weighted by Gasteiger charge is -2.34. The molecule has 38 heavy (non-hydrogen) atoms. The Morgan fingerprint density at radius 2 is 1.58 bits per heavy atom. The van der Waals surface area contributed by atoms with Crippen LogP contribution in [0.1, 0.15) is 16.1 Å². The number of aromatic nitrogens is 1. The van der Waals surface area contributed by atoms with E-state index in [9.17, 15) is 18.1 Å². The van der Waals surface area contributed by atoms with Gasteiger partial charge in [0.1, 0.15) is 0 Å². The maximum Gasteiger partial charge on any atom is 0.253 e. The number of hydrogen-bond donors (Lipinski definition) is 0. The summed E-state index contributed by atoms with van der Waals surface area (Å²) in [6.07, 6.45) is 2.17. The van der Waals surface area contributed by atoms with Crippen LogP contribution >= 0.6 is 11.6 Å². The van der Waals surface area contributed by atoms with Crippen molar-refractivity contribution in [3.63, 3.8) is 0 Å². The van der Waals surface area contributed by atoms with E-state index < -0.39 is 10.0 Å². The number of carbonyl (C=O) groups is 1. The number of pyridine rings is 1. The minimum atomic E-state index is -3.69. The van der Waals surface area contributed by atoms with Crippen LogP contribution < -0.4 is 0 Å². The molecule has 0 unspecified atom stereocenters. The molecule has 0 spiro atoms. The van der Waals surface area contributed by atoms with Crippen molar-refractivity contribution in [1.29, 1.82) is 0 Å². The van der Waals surface area contributed by atoms with Crippen molar-refractivity contribution in [2.45, 2.75) is 11.3 Å². The van der Waals surface area contributed by atoms with Gasteiger partial charge in [-0.25, -0.2) is 8.42 Å². The summed E-state index contributed by atoms with van der Waals surface area (Å²) in [6.45, 7) is 1.24. The van der Waals surface area contributed by atoms with Gasteiger partial charge in [-0.3, -0.25) is 9.78 Å². The first kappa shape index (κ1) is 26.0. The van der Waals surface area contributed by atoms with Crippen molar-refractivity contribution in [2.24, 2.45) is 5.18 Å². The van der Waals surface area contributed by atoms with Gasteiger partial charge in [-0.2, -0.15) is 9.21 Å². The third-order valence-corrected chi connectivity index (χ3v) is 8.81. The van der Waals surface area contributed by atoms with E-state index in [1.54, 1.807) is 59.6 Å². The Hall–Kier alpha value is -3.66. The number of benzene rings is 3. The lowest BCUT2D eigenvalue weighted by atomic mass is 10.0. The number of nitrogens with zero attached hydrogens (tertiary/aromatic N) is 4. The van der Waals surface area contributed by atoms with Crippen molar-refractivity contribution in [3.8, 4) is 11.1 Å². The van der Waals surface area contributed by atoms with Gasteiger partial charge in [-0.15, -0.1) is 0 Å². The summed E-state index contributed by atoms with van der Waals surface area (Å²) in [6, 6.07) is 21.4. The summed E-state index contributed by atoms with van der Waals surface area (Å²) >= 11 is 6.04. The number of fused-ring (bicyclic) bond motifs is 1. The summed E-state index contributed by atoms with van der Waals surface area (Å²) < 4.78 is 28.0. The molecule has 0 bridgehead atoms. The largest absolute Gasteiger partial charge is 0.336 e. The standard InChI is InChI=1S/C28H25ClN4O4S/c29-25-7-5-23-19-27(8-6-22(23)17-25)38(36,37)33-15-13-32(14-16-33)28(34)21-3-1-20(2-4-21)24-9-11-30-26(18-24)10-12-31-35/h1-9,11,17-19H,10,12-16H2. The predicted octanol–water partition coefficient (Wildman–Crippen LogP) is 5.01. The van der Waals surface area contributed by atoms with E-state index in [0.29, 0.717) is 30.1 Å². The van der Waals surface area contributed by atoms with Crippen molar-refractivity contribution in [3.05, 3.63) is 100 Å². The maximum absolute atomic E-state index is 13.3. The molecule has 1 fully saturated rings. The molecule has 1 saturated heterocycles. The van der Waals surface area contributed by atoms with Crippen molar-refractivity contribution in [1.82, 2.24) is 14.2 Å². The van der Waals surface area contributed by atoms with Crippen LogP contribution in [0.4, 0.5) is 0 Å². The lowest BCUT2D eigenvalue weighted by molar-refractivity contribution is 0.0698. The van der Waals surface area contributed by atoms with Crippen LogP contribution in [0.15, 0.2) is 89.1 Å². The van der Waals surface area contributed by atoms with Gasteiger partial charge in [0.05, 0.1) is 11.4 Å². The van der Waals surface area contributed by atoms with Crippen LogP contribution in [0.3, 0.4) is 0 Å². The van der Waals surface area contributed by atoms with E-state index in [0.717, 1.165) is 27.6 Å². The van der Waals surface area contributed by atoms with Gasteiger partial charge >= 0.3 is 0 Å². The molecule has 0 saturated carbocycles. The number of piperazine rings is 1. The van der Waals surface area contributed by atoms with Gasteiger partial charge in [0, 0.05) is 55.1 Å². The molecule has 1 amide bonds. The smallest absolute Gasteiger partial charge is 0.253 e. The molecule has 10 heteroatoms. The molecule has 2 heterocycles. The highest BCUT2D eigenvalue weighted by Crippen LogP contribution is 2.26. The molecule has 4 aromatic rings. The molecule has 0 atom stereocenters. The Labute approximate surface area is 225 Å². The van der Waals surface area contributed by atoms with Crippen LogP contribution in [-0.4, -0.2) is 61.2 Å². The molecule has 194 valence electrons. The van der Waals surface area contributed by atoms with Gasteiger partial charge in [0.15, 0.2) is 0 Å². The van der Waals surface area contributed by atoms with Gasteiger partial charge in [0.25, 0.3) is 5.91 Å². The van der Waals surface area contributed by atoms with E-state index in [4.69, 9.17) is 11.6 Å². The number of carbonyl (C=O) groups excluding carboxylic acids is 1. The van der Waals surface area contributed by atoms with Crippen LogP contribution in [0.25, 0.3) is 21.9 Å². The van der Waals surface area contributed by atoms with E-state index in [-0.39, 0.29) is 30.4 Å². The molecule has 1 aliphatic rings. The summed E-state index contributed by atoms with van der Waals surface area (Å²) in [4.78, 5) is 29.7. The second-order valence-corrected chi connectivity index (χ2v) is 11.4. The fourth-order valence-corrected chi connectivity index (χ4v) is 6.22. The van der Waals surface area contributed by atoms with Crippen LogP contribution in [0.2, 0.25) is 5.02 Å². The highest BCUT2D eigenvalue weighted by molar-refractivity contribution is 7.89. The number of halogens is 1. The van der Waals surface area contributed by atoms with E-state index in [1.807, 2.05) is 24.3 Å². The lowest BCUT2D eigenvalue weighted by Crippen LogP contribution is -2.50. The molecule has 5 rings (SSSR count). The van der Waals surface area contributed by atoms with Gasteiger partial charge in [-0.1, -0.05) is 41.0 Å². The first-order chi connectivity index (χ1) is 18.3. The second kappa shape index (κ2) is 11.0. The number of amides is 1. The fourth-order valence-electron chi connectivity index (χ4n) is 4.58. The monoisotopic (exact) mass is 548 g/mol. The molecule has 1 aliphatic heterocycles. The third-order valence-electron chi connectivity index (χ3n) is 6.68. The van der Waals surface area contributed by atoms with Crippen LogP contribution in [0, 0.1) is 4.91 Å². The normalized spacial score (nSPS) is 14.5. The summed E-state index contributed by atoms with van der Waals surface area (Å²) in [5, 5.41) is 5.15. The second-order valence-electron chi connectivity index (χ2n) is 9.07. The van der Waals surface area contributed by atoms with Crippen molar-refractivity contribution in [2.75, 3.05) is 32.7 Å². The Bertz CT molecular complexity index is 1600. The topological polar surface area (TPSA) is 100 Å². The van der Waals surface area contributed by atoms with Gasteiger partial charge < -0.3 is 4.90 Å². The molecule has 1 aromatic heterocycles. The minimum absolute atomic E-state index is 0.136. The average molecular weight is 549 g/mol. The summed E-state index contributed by atoms with van der Waals surface area (Å²) in [5.41, 5.74) is 3.19. The highest BCUT2D eigenvalue weighted by Gasteiger charge is 2.30. The average Bonchev–Trinajstić information content (AvgIpc) is 2.95. The van der Waals surface area contributed by atoms with Gasteiger partial charge in [0.2, 0.25) is 10.0 Å². The summed E-state index contributed by atoms with van der Waals surface area (Å²) in [7, 11) is -3.69. The predicted molar refractivity (Wildman–Crippen MR) is 148 cm³/mol. The molecule has 3 aromatic carbocycles. The Morgan fingerprint density at radius 1 is 0.868 bits per heavy atom. The van der Waals surface area contributed by atoms with Crippen molar-refractivity contribution < 1.29 is 13.2 Å².